The molecular formula is C24H27N3O2. The number of rotatable bonds is 4. The van der Waals surface area contributed by atoms with E-state index >= 15 is 0 Å². The summed E-state index contributed by atoms with van der Waals surface area (Å²) in [7, 11) is 1.64. The second kappa shape index (κ2) is 7.39. The van der Waals surface area contributed by atoms with Crippen molar-refractivity contribution in [2.24, 2.45) is 0 Å². The highest BCUT2D eigenvalue weighted by atomic mass is 16.5. The summed E-state index contributed by atoms with van der Waals surface area (Å²) in [4.78, 5) is 14.8. The van der Waals surface area contributed by atoms with Gasteiger partial charge >= 0.3 is 0 Å². The van der Waals surface area contributed by atoms with Crippen molar-refractivity contribution in [3.8, 4) is 17.0 Å². The zero-order valence-electron chi connectivity index (χ0n) is 17.4. The van der Waals surface area contributed by atoms with Crippen LogP contribution in [0.1, 0.15) is 32.4 Å². The smallest absolute Gasteiger partial charge is 0.267 e. The monoisotopic (exact) mass is 389 g/mol. The molecule has 4 rings (SSSR count). The SMILES string of the molecule is COc1ccccc1-c1ccc(=O)n(C2CN(c3ccccc3C(C)(C)C)C2)n1. The molecule has 1 saturated heterocycles. The Morgan fingerprint density at radius 2 is 1.66 bits per heavy atom. The molecule has 1 fully saturated rings. The third-order valence-corrected chi connectivity index (χ3v) is 5.47. The summed E-state index contributed by atoms with van der Waals surface area (Å²) in [6, 6.07) is 19.7. The Balaban J connectivity index is 1.60. The van der Waals surface area contributed by atoms with E-state index in [0.717, 1.165) is 30.1 Å². The maximum Gasteiger partial charge on any atom is 0.267 e. The summed E-state index contributed by atoms with van der Waals surface area (Å²) in [6.45, 7) is 8.23. The molecule has 3 aromatic rings. The number of aromatic nitrogens is 2. The Morgan fingerprint density at radius 1 is 0.966 bits per heavy atom. The fourth-order valence-electron chi connectivity index (χ4n) is 3.88. The van der Waals surface area contributed by atoms with Crippen LogP contribution in [0.2, 0.25) is 0 Å². The van der Waals surface area contributed by atoms with Gasteiger partial charge in [-0.25, -0.2) is 4.68 Å². The number of hydrogen-bond acceptors (Lipinski definition) is 4. The average Bonchev–Trinajstić information content (AvgIpc) is 2.68. The molecule has 2 aromatic carbocycles. The zero-order chi connectivity index (χ0) is 20.6. The van der Waals surface area contributed by atoms with Crippen LogP contribution in [0.5, 0.6) is 5.75 Å². The Morgan fingerprint density at radius 3 is 2.38 bits per heavy atom. The summed E-state index contributed by atoms with van der Waals surface area (Å²) >= 11 is 0. The number of para-hydroxylation sites is 2. The van der Waals surface area contributed by atoms with Crippen LogP contribution in [0.3, 0.4) is 0 Å². The highest BCUT2D eigenvalue weighted by Crippen LogP contribution is 2.36. The van der Waals surface area contributed by atoms with E-state index in [9.17, 15) is 4.79 Å². The predicted octanol–water partition coefficient (Wildman–Crippen LogP) is 4.28. The van der Waals surface area contributed by atoms with Gasteiger partial charge in [0.2, 0.25) is 0 Å². The van der Waals surface area contributed by atoms with Crippen molar-refractivity contribution in [2.45, 2.75) is 32.2 Å². The van der Waals surface area contributed by atoms with Crippen molar-refractivity contribution in [3.05, 3.63) is 76.6 Å². The number of methoxy groups -OCH3 is 1. The first kappa shape index (κ1) is 19.2. The van der Waals surface area contributed by atoms with E-state index in [1.54, 1.807) is 23.9 Å². The molecule has 0 radical (unpaired) electrons. The van der Waals surface area contributed by atoms with E-state index in [1.807, 2.05) is 24.3 Å². The molecular weight excluding hydrogens is 362 g/mol. The third-order valence-electron chi connectivity index (χ3n) is 5.47. The molecule has 0 bridgehead atoms. The highest BCUT2D eigenvalue weighted by molar-refractivity contribution is 5.66. The topological polar surface area (TPSA) is 47.4 Å². The lowest BCUT2D eigenvalue weighted by Gasteiger charge is -2.43. The van der Waals surface area contributed by atoms with Crippen LogP contribution in [0.4, 0.5) is 5.69 Å². The van der Waals surface area contributed by atoms with Crippen LogP contribution in [-0.2, 0) is 5.41 Å². The fraction of sp³-hybridized carbons (Fsp3) is 0.333. The minimum absolute atomic E-state index is 0.0604. The van der Waals surface area contributed by atoms with E-state index in [1.165, 1.54) is 11.3 Å². The van der Waals surface area contributed by atoms with Gasteiger partial charge in [-0.3, -0.25) is 4.79 Å². The van der Waals surface area contributed by atoms with Crippen molar-refractivity contribution >= 4 is 5.69 Å². The van der Waals surface area contributed by atoms with Gasteiger partial charge in [-0.2, -0.15) is 5.10 Å². The number of ether oxygens (including phenoxy) is 1. The molecule has 0 N–H and O–H groups in total. The van der Waals surface area contributed by atoms with Gasteiger partial charge in [0.25, 0.3) is 5.56 Å². The van der Waals surface area contributed by atoms with Crippen LogP contribution >= 0.6 is 0 Å². The van der Waals surface area contributed by atoms with Crippen LogP contribution in [0.25, 0.3) is 11.3 Å². The molecule has 5 heteroatoms. The molecule has 5 nitrogen and oxygen atoms in total. The van der Waals surface area contributed by atoms with Crippen molar-refractivity contribution in [1.82, 2.24) is 9.78 Å². The quantitative estimate of drug-likeness (QED) is 0.668. The molecule has 2 heterocycles. The fourth-order valence-corrected chi connectivity index (χ4v) is 3.88. The number of anilines is 1. The Labute approximate surface area is 171 Å². The van der Waals surface area contributed by atoms with Crippen LogP contribution < -0.4 is 15.2 Å². The number of benzene rings is 2. The highest BCUT2D eigenvalue weighted by Gasteiger charge is 2.33. The normalized spacial score (nSPS) is 14.6. The summed E-state index contributed by atoms with van der Waals surface area (Å²) in [5, 5.41) is 4.67. The van der Waals surface area contributed by atoms with Crippen molar-refractivity contribution in [2.75, 3.05) is 25.1 Å². The number of nitrogens with zero attached hydrogens (tertiary/aromatic N) is 3. The molecule has 0 saturated carbocycles. The Kier molecular flexibility index (Phi) is 4.91. The van der Waals surface area contributed by atoms with Gasteiger partial charge in [0, 0.05) is 30.4 Å². The minimum Gasteiger partial charge on any atom is -0.496 e. The summed E-state index contributed by atoms with van der Waals surface area (Å²) in [5.41, 5.74) is 4.19. The van der Waals surface area contributed by atoms with Gasteiger partial charge in [0.15, 0.2) is 0 Å². The zero-order valence-corrected chi connectivity index (χ0v) is 17.4. The van der Waals surface area contributed by atoms with Crippen LogP contribution in [-0.4, -0.2) is 30.0 Å². The van der Waals surface area contributed by atoms with Gasteiger partial charge in [0.05, 0.1) is 18.8 Å². The van der Waals surface area contributed by atoms with E-state index < -0.39 is 0 Å². The van der Waals surface area contributed by atoms with E-state index in [4.69, 9.17) is 4.74 Å². The lowest BCUT2D eigenvalue weighted by Crippen LogP contribution is -2.51. The second-order valence-electron chi connectivity index (χ2n) is 8.53. The maximum atomic E-state index is 12.5. The van der Waals surface area contributed by atoms with E-state index in [0.29, 0.717) is 0 Å². The predicted molar refractivity (Wildman–Crippen MR) is 117 cm³/mol. The molecule has 0 spiro atoms. The first-order valence-electron chi connectivity index (χ1n) is 9.96. The minimum atomic E-state index is -0.0718. The van der Waals surface area contributed by atoms with Crippen molar-refractivity contribution < 1.29 is 4.74 Å². The third kappa shape index (κ3) is 3.65. The van der Waals surface area contributed by atoms with Gasteiger partial charge in [-0.1, -0.05) is 51.1 Å². The van der Waals surface area contributed by atoms with Gasteiger partial charge in [-0.15, -0.1) is 0 Å². The first-order chi connectivity index (χ1) is 13.9. The molecule has 29 heavy (non-hydrogen) atoms. The molecule has 0 atom stereocenters. The van der Waals surface area contributed by atoms with Crippen molar-refractivity contribution in [1.29, 1.82) is 0 Å². The molecule has 0 amide bonds. The standard InChI is InChI=1S/C24H27N3O2/c1-24(2,3)19-10-6-7-11-21(19)26-15-17(16-26)27-23(28)14-13-20(25-27)18-9-5-8-12-22(18)29-4/h5-14,17H,15-16H2,1-4H3. The molecule has 1 aliphatic heterocycles. The molecule has 1 aromatic heterocycles. The maximum absolute atomic E-state index is 12.5. The Bertz CT molecular complexity index is 1080. The van der Waals surface area contributed by atoms with Crippen molar-refractivity contribution in [3.63, 3.8) is 0 Å². The first-order valence-corrected chi connectivity index (χ1v) is 9.96. The lowest BCUT2D eigenvalue weighted by atomic mass is 9.85. The summed E-state index contributed by atoms with van der Waals surface area (Å²) in [6.07, 6.45) is 0. The lowest BCUT2D eigenvalue weighted by molar-refractivity contribution is 0.353. The summed E-state index contributed by atoms with van der Waals surface area (Å²) in [5.74, 6) is 0.750. The molecule has 1 aliphatic rings. The molecule has 0 aliphatic carbocycles. The largest absolute Gasteiger partial charge is 0.496 e. The van der Waals surface area contributed by atoms with E-state index in [2.05, 4.69) is 55.0 Å². The Hall–Kier alpha value is -3.08. The van der Waals surface area contributed by atoms with Crippen LogP contribution in [0.15, 0.2) is 65.5 Å². The van der Waals surface area contributed by atoms with Gasteiger partial charge in [0.1, 0.15) is 5.75 Å². The molecule has 150 valence electrons. The van der Waals surface area contributed by atoms with Gasteiger partial charge < -0.3 is 9.64 Å². The summed E-state index contributed by atoms with van der Waals surface area (Å²) < 4.78 is 7.08. The molecule has 0 unspecified atom stereocenters. The number of hydrogen-bond donors (Lipinski definition) is 0. The second-order valence-corrected chi connectivity index (χ2v) is 8.53. The average molecular weight is 389 g/mol. The van der Waals surface area contributed by atoms with E-state index in [-0.39, 0.29) is 17.0 Å². The van der Waals surface area contributed by atoms with Gasteiger partial charge in [-0.05, 0) is 35.2 Å². The van der Waals surface area contributed by atoms with Crippen LogP contribution in [0, 0.1) is 0 Å².